The molecule has 0 atom stereocenters. The standard InChI is InChI=1S/C24H17BrIN3O4/c1-15-4-2-6-19(8-15)28-24(30)18(13-27)9-17-11-21(25)23(22(26)12-17)33-14-16-5-3-7-20(10-16)29(31)32/h2-12H,14H2,1H3,(H,28,30)/b18-9-. The number of carbonyl (C=O) groups is 1. The minimum Gasteiger partial charge on any atom is -0.487 e. The van der Waals surface area contributed by atoms with Crippen LogP contribution in [-0.2, 0) is 11.4 Å². The number of halogens is 2. The summed E-state index contributed by atoms with van der Waals surface area (Å²) in [5.74, 6) is 0.0576. The second kappa shape index (κ2) is 11.1. The number of nitro benzene ring substituents is 1. The fraction of sp³-hybridized carbons (Fsp3) is 0.0833. The third-order valence-corrected chi connectivity index (χ3v) is 5.87. The number of nitrogens with zero attached hydrogens (tertiary/aromatic N) is 2. The van der Waals surface area contributed by atoms with E-state index >= 15 is 0 Å². The third kappa shape index (κ3) is 6.63. The summed E-state index contributed by atoms with van der Waals surface area (Å²) in [5, 5.41) is 23.2. The van der Waals surface area contributed by atoms with Crippen molar-refractivity contribution in [2.75, 3.05) is 5.32 Å². The second-order valence-electron chi connectivity index (χ2n) is 7.02. The van der Waals surface area contributed by atoms with Crippen LogP contribution < -0.4 is 10.1 Å². The lowest BCUT2D eigenvalue weighted by molar-refractivity contribution is -0.384. The molecule has 9 heteroatoms. The van der Waals surface area contributed by atoms with Crippen LogP contribution in [0.4, 0.5) is 11.4 Å². The molecule has 0 radical (unpaired) electrons. The van der Waals surface area contributed by atoms with Crippen molar-refractivity contribution >= 4 is 61.9 Å². The van der Waals surface area contributed by atoms with Crippen molar-refractivity contribution in [2.24, 2.45) is 0 Å². The Labute approximate surface area is 212 Å². The summed E-state index contributed by atoms with van der Waals surface area (Å²) in [5.41, 5.74) is 2.87. The zero-order chi connectivity index (χ0) is 24.0. The summed E-state index contributed by atoms with van der Waals surface area (Å²) in [6.07, 6.45) is 1.50. The van der Waals surface area contributed by atoms with Crippen molar-refractivity contribution in [2.45, 2.75) is 13.5 Å². The molecule has 0 saturated carbocycles. The van der Waals surface area contributed by atoms with Crippen LogP contribution in [0.3, 0.4) is 0 Å². The van der Waals surface area contributed by atoms with Gasteiger partial charge in [0.15, 0.2) is 0 Å². The van der Waals surface area contributed by atoms with Crippen LogP contribution in [-0.4, -0.2) is 10.8 Å². The summed E-state index contributed by atoms with van der Waals surface area (Å²) >= 11 is 5.56. The number of nitriles is 1. The number of anilines is 1. The summed E-state index contributed by atoms with van der Waals surface area (Å²) in [6.45, 7) is 2.06. The molecule has 0 spiro atoms. The molecule has 0 aromatic heterocycles. The molecule has 1 amide bonds. The Balaban J connectivity index is 1.77. The van der Waals surface area contributed by atoms with Gasteiger partial charge >= 0.3 is 0 Å². The molecule has 3 rings (SSSR count). The smallest absolute Gasteiger partial charge is 0.269 e. The van der Waals surface area contributed by atoms with Gasteiger partial charge in [-0.2, -0.15) is 5.26 Å². The van der Waals surface area contributed by atoms with Crippen LogP contribution in [0.1, 0.15) is 16.7 Å². The molecule has 3 aromatic carbocycles. The molecule has 0 heterocycles. The molecule has 0 bridgehead atoms. The van der Waals surface area contributed by atoms with E-state index < -0.39 is 10.8 Å². The van der Waals surface area contributed by atoms with Crippen molar-refractivity contribution in [1.82, 2.24) is 0 Å². The summed E-state index contributed by atoms with van der Waals surface area (Å²) in [7, 11) is 0. The van der Waals surface area contributed by atoms with Crippen molar-refractivity contribution in [1.29, 1.82) is 5.26 Å². The number of nitro groups is 1. The van der Waals surface area contributed by atoms with E-state index in [0.29, 0.717) is 27.0 Å². The number of ether oxygens (including phenoxy) is 1. The highest BCUT2D eigenvalue weighted by Crippen LogP contribution is 2.33. The van der Waals surface area contributed by atoms with Gasteiger partial charge in [0.1, 0.15) is 24.0 Å². The van der Waals surface area contributed by atoms with Gasteiger partial charge in [-0.05, 0) is 92.5 Å². The lowest BCUT2D eigenvalue weighted by Gasteiger charge is -2.12. The van der Waals surface area contributed by atoms with Crippen LogP contribution in [0.5, 0.6) is 5.75 Å². The molecule has 0 saturated heterocycles. The minimum absolute atomic E-state index is 0.00156. The van der Waals surface area contributed by atoms with Crippen molar-refractivity contribution in [3.63, 3.8) is 0 Å². The number of amides is 1. The normalized spacial score (nSPS) is 10.9. The Morgan fingerprint density at radius 2 is 2.00 bits per heavy atom. The van der Waals surface area contributed by atoms with E-state index in [1.807, 2.05) is 31.2 Å². The molecule has 0 aliphatic heterocycles. The molecule has 0 aliphatic carbocycles. The number of carbonyl (C=O) groups excluding carboxylic acids is 1. The van der Waals surface area contributed by atoms with Crippen LogP contribution in [0, 0.1) is 31.9 Å². The number of rotatable bonds is 7. The Kier molecular flexibility index (Phi) is 8.19. The van der Waals surface area contributed by atoms with Crippen LogP contribution >= 0.6 is 38.5 Å². The molecule has 0 fully saturated rings. The van der Waals surface area contributed by atoms with E-state index in [9.17, 15) is 20.2 Å². The first kappa shape index (κ1) is 24.4. The molecular weight excluding hydrogens is 601 g/mol. The molecule has 3 aromatic rings. The Morgan fingerprint density at radius 3 is 2.67 bits per heavy atom. The van der Waals surface area contributed by atoms with Crippen LogP contribution in [0.2, 0.25) is 0 Å². The lowest BCUT2D eigenvalue weighted by Crippen LogP contribution is -2.13. The van der Waals surface area contributed by atoms with Crippen LogP contribution in [0.25, 0.3) is 6.08 Å². The van der Waals surface area contributed by atoms with Gasteiger partial charge in [-0.15, -0.1) is 0 Å². The van der Waals surface area contributed by atoms with E-state index in [2.05, 4.69) is 43.8 Å². The lowest BCUT2D eigenvalue weighted by atomic mass is 10.1. The highest BCUT2D eigenvalue weighted by molar-refractivity contribution is 14.1. The van der Waals surface area contributed by atoms with Crippen molar-refractivity contribution in [3.05, 3.63) is 101 Å². The zero-order valence-electron chi connectivity index (χ0n) is 17.3. The van der Waals surface area contributed by atoms with E-state index in [4.69, 9.17) is 4.74 Å². The van der Waals surface area contributed by atoms with Gasteiger partial charge in [0.25, 0.3) is 11.6 Å². The molecule has 0 unspecified atom stereocenters. The van der Waals surface area contributed by atoms with E-state index in [-0.39, 0.29) is 17.9 Å². The number of benzene rings is 3. The molecule has 1 N–H and O–H groups in total. The average molecular weight is 618 g/mol. The van der Waals surface area contributed by atoms with Gasteiger partial charge in [0.05, 0.1) is 13.0 Å². The second-order valence-corrected chi connectivity index (χ2v) is 9.04. The van der Waals surface area contributed by atoms with E-state index in [1.54, 1.807) is 30.3 Å². The molecule has 7 nitrogen and oxygen atoms in total. The Bertz CT molecular complexity index is 1280. The van der Waals surface area contributed by atoms with Gasteiger partial charge in [0, 0.05) is 17.8 Å². The number of hydrogen-bond acceptors (Lipinski definition) is 5. The number of nitrogens with one attached hydrogen (secondary N) is 1. The fourth-order valence-corrected chi connectivity index (χ4v) is 4.72. The van der Waals surface area contributed by atoms with Gasteiger partial charge in [0.2, 0.25) is 0 Å². The van der Waals surface area contributed by atoms with Gasteiger partial charge in [-0.3, -0.25) is 14.9 Å². The fourth-order valence-electron chi connectivity index (χ4n) is 2.95. The first-order valence-corrected chi connectivity index (χ1v) is 11.5. The monoisotopic (exact) mass is 617 g/mol. The molecule has 0 aliphatic rings. The quantitative estimate of drug-likeness (QED) is 0.109. The third-order valence-electron chi connectivity index (χ3n) is 4.48. The van der Waals surface area contributed by atoms with Crippen molar-refractivity contribution in [3.8, 4) is 11.8 Å². The maximum atomic E-state index is 12.5. The first-order valence-electron chi connectivity index (χ1n) is 9.62. The van der Waals surface area contributed by atoms with Crippen LogP contribution in [0.15, 0.2) is 70.7 Å². The van der Waals surface area contributed by atoms with Gasteiger partial charge in [-0.1, -0.05) is 24.3 Å². The van der Waals surface area contributed by atoms with E-state index in [1.165, 1.54) is 18.2 Å². The summed E-state index contributed by atoms with van der Waals surface area (Å²) in [6, 6.07) is 19.0. The van der Waals surface area contributed by atoms with E-state index in [0.717, 1.165) is 9.13 Å². The predicted octanol–water partition coefficient (Wildman–Crippen LogP) is 6.40. The topological polar surface area (TPSA) is 105 Å². The largest absolute Gasteiger partial charge is 0.487 e. The highest BCUT2D eigenvalue weighted by atomic mass is 127. The summed E-state index contributed by atoms with van der Waals surface area (Å²) in [4.78, 5) is 23.0. The minimum atomic E-state index is -0.500. The molecule has 166 valence electrons. The average Bonchev–Trinajstić information content (AvgIpc) is 2.77. The number of aryl methyl sites for hydroxylation is 1. The maximum Gasteiger partial charge on any atom is 0.269 e. The first-order chi connectivity index (χ1) is 15.8. The molecule has 33 heavy (non-hydrogen) atoms. The summed E-state index contributed by atoms with van der Waals surface area (Å²) < 4.78 is 7.24. The molecular formula is C24H17BrIN3O4. The Hall–Kier alpha value is -3.23. The predicted molar refractivity (Wildman–Crippen MR) is 138 cm³/mol. The highest BCUT2D eigenvalue weighted by Gasteiger charge is 2.13. The zero-order valence-corrected chi connectivity index (χ0v) is 21.1. The number of hydrogen-bond donors (Lipinski definition) is 1. The van der Waals surface area contributed by atoms with Gasteiger partial charge < -0.3 is 10.1 Å². The maximum absolute atomic E-state index is 12.5. The Morgan fingerprint density at radius 1 is 1.24 bits per heavy atom. The number of non-ortho nitro benzene ring substituents is 1. The van der Waals surface area contributed by atoms with Crippen molar-refractivity contribution < 1.29 is 14.5 Å². The van der Waals surface area contributed by atoms with Gasteiger partial charge in [-0.25, -0.2) is 0 Å². The SMILES string of the molecule is Cc1cccc(NC(=O)/C(C#N)=C\c2cc(Br)c(OCc3cccc([N+](=O)[O-])c3)c(I)c2)c1.